The number of nitrogens with two attached hydrogens (primary N) is 1. The summed E-state index contributed by atoms with van der Waals surface area (Å²) in [6.45, 7) is 0.928. The van der Waals surface area contributed by atoms with Gasteiger partial charge in [0.15, 0.2) is 0 Å². The number of para-hydroxylation sites is 1. The molecule has 0 spiro atoms. The molecule has 1 unspecified atom stereocenters. The summed E-state index contributed by atoms with van der Waals surface area (Å²) >= 11 is 0. The molecular formula is C17H19N3O3. The Hall–Kier alpha value is -2.60. The summed E-state index contributed by atoms with van der Waals surface area (Å²) in [5.41, 5.74) is 7.90. The maximum Gasteiger partial charge on any atom is 0.348 e. The summed E-state index contributed by atoms with van der Waals surface area (Å²) < 4.78 is 0. The maximum atomic E-state index is 12.4. The molecule has 3 amide bonds. The number of primary amides is 1. The molecule has 1 atom stereocenters. The van der Waals surface area contributed by atoms with Crippen LogP contribution in [-0.4, -0.2) is 35.1 Å². The summed E-state index contributed by atoms with van der Waals surface area (Å²) in [4.78, 5) is 25.3. The van der Waals surface area contributed by atoms with E-state index in [0.29, 0.717) is 36.7 Å². The molecule has 1 fully saturated rings. The van der Waals surface area contributed by atoms with E-state index in [1.807, 2.05) is 18.2 Å². The van der Waals surface area contributed by atoms with Crippen LogP contribution in [0.1, 0.15) is 12.8 Å². The standard InChI is InChI=1S/C17H19N3O3/c18-16(21)13-6-7-14-11-19(9-8-12(14)10-13)17(22)20(23)15-4-2-1-3-5-15/h1-5,7,10,13,23H,6,8-9,11H2,(H2,18,21). The number of urea groups is 1. The molecule has 0 bridgehead atoms. The molecule has 23 heavy (non-hydrogen) atoms. The number of likely N-dealkylation sites (tertiary alicyclic amines) is 1. The minimum Gasteiger partial charge on any atom is -0.369 e. The van der Waals surface area contributed by atoms with Gasteiger partial charge in [-0.2, -0.15) is 5.06 Å². The van der Waals surface area contributed by atoms with Gasteiger partial charge in [-0.25, -0.2) is 4.79 Å². The molecule has 120 valence electrons. The van der Waals surface area contributed by atoms with Crippen molar-refractivity contribution in [3.8, 4) is 0 Å². The molecule has 1 aromatic carbocycles. The van der Waals surface area contributed by atoms with Crippen LogP contribution in [0.15, 0.2) is 53.6 Å². The number of carbonyl (C=O) groups is 2. The number of piperidine rings is 1. The van der Waals surface area contributed by atoms with E-state index in [4.69, 9.17) is 5.73 Å². The van der Waals surface area contributed by atoms with E-state index < -0.39 is 6.03 Å². The van der Waals surface area contributed by atoms with Gasteiger partial charge in [0.2, 0.25) is 5.91 Å². The largest absolute Gasteiger partial charge is 0.369 e. The van der Waals surface area contributed by atoms with Crippen LogP contribution >= 0.6 is 0 Å². The Balaban J connectivity index is 1.70. The van der Waals surface area contributed by atoms with E-state index >= 15 is 0 Å². The Labute approximate surface area is 134 Å². The quantitative estimate of drug-likeness (QED) is 0.647. The summed E-state index contributed by atoms with van der Waals surface area (Å²) in [5.74, 6) is -0.577. The van der Waals surface area contributed by atoms with Gasteiger partial charge in [-0.3, -0.25) is 10.0 Å². The van der Waals surface area contributed by atoms with Crippen molar-refractivity contribution in [3.05, 3.63) is 53.6 Å². The number of hydroxylamine groups is 1. The lowest BCUT2D eigenvalue weighted by atomic mass is 9.86. The highest BCUT2D eigenvalue weighted by atomic mass is 16.5. The lowest BCUT2D eigenvalue weighted by Crippen LogP contribution is -2.45. The highest BCUT2D eigenvalue weighted by Gasteiger charge is 2.29. The predicted molar refractivity (Wildman–Crippen MR) is 85.8 cm³/mol. The Bertz CT molecular complexity index is 682. The monoisotopic (exact) mass is 313 g/mol. The second-order valence-corrected chi connectivity index (χ2v) is 5.77. The van der Waals surface area contributed by atoms with Crippen LogP contribution in [0.3, 0.4) is 0 Å². The zero-order chi connectivity index (χ0) is 16.4. The van der Waals surface area contributed by atoms with Gasteiger partial charge in [0.25, 0.3) is 0 Å². The molecule has 3 rings (SSSR count). The van der Waals surface area contributed by atoms with E-state index in [1.54, 1.807) is 29.2 Å². The van der Waals surface area contributed by atoms with Crippen LogP contribution in [0.4, 0.5) is 10.5 Å². The third-order valence-corrected chi connectivity index (χ3v) is 4.26. The topological polar surface area (TPSA) is 86.9 Å². The number of rotatable bonds is 2. The van der Waals surface area contributed by atoms with Gasteiger partial charge in [0.1, 0.15) is 0 Å². The van der Waals surface area contributed by atoms with E-state index in [1.165, 1.54) is 0 Å². The van der Waals surface area contributed by atoms with Crippen molar-refractivity contribution in [2.45, 2.75) is 12.8 Å². The Morgan fingerprint density at radius 3 is 2.65 bits per heavy atom. The molecule has 1 aliphatic heterocycles. The molecule has 0 radical (unpaired) electrons. The van der Waals surface area contributed by atoms with E-state index in [2.05, 4.69) is 0 Å². The number of allylic oxidation sites excluding steroid dienone is 1. The third kappa shape index (κ3) is 3.12. The molecule has 3 N–H and O–H groups in total. The van der Waals surface area contributed by atoms with E-state index in [-0.39, 0.29) is 11.8 Å². The molecular weight excluding hydrogens is 294 g/mol. The van der Waals surface area contributed by atoms with Gasteiger partial charge in [0, 0.05) is 13.1 Å². The number of fused-ring (bicyclic) bond motifs is 1. The number of anilines is 1. The third-order valence-electron chi connectivity index (χ3n) is 4.26. The fourth-order valence-corrected chi connectivity index (χ4v) is 2.94. The van der Waals surface area contributed by atoms with Crippen molar-refractivity contribution in [2.24, 2.45) is 11.7 Å². The molecule has 1 saturated heterocycles. The highest BCUT2D eigenvalue weighted by Crippen LogP contribution is 2.30. The molecule has 2 aliphatic rings. The average Bonchev–Trinajstić information content (AvgIpc) is 2.60. The summed E-state index contributed by atoms with van der Waals surface area (Å²) in [7, 11) is 0. The number of nitrogens with zero attached hydrogens (tertiary/aromatic N) is 2. The second kappa shape index (κ2) is 6.26. The highest BCUT2D eigenvalue weighted by molar-refractivity contribution is 5.90. The van der Waals surface area contributed by atoms with Crippen molar-refractivity contribution in [2.75, 3.05) is 18.2 Å². The number of hydrogen-bond acceptors (Lipinski definition) is 3. The molecule has 1 heterocycles. The Morgan fingerprint density at radius 1 is 1.22 bits per heavy atom. The van der Waals surface area contributed by atoms with Crippen LogP contribution < -0.4 is 10.8 Å². The van der Waals surface area contributed by atoms with Crippen LogP contribution in [-0.2, 0) is 4.79 Å². The van der Waals surface area contributed by atoms with Crippen LogP contribution in [0.25, 0.3) is 0 Å². The van der Waals surface area contributed by atoms with Crippen molar-refractivity contribution < 1.29 is 14.8 Å². The van der Waals surface area contributed by atoms with Crippen molar-refractivity contribution in [1.29, 1.82) is 0 Å². The maximum absolute atomic E-state index is 12.4. The summed E-state index contributed by atoms with van der Waals surface area (Å²) in [5, 5.41) is 10.8. The number of carbonyl (C=O) groups excluding carboxylic acids is 2. The lowest BCUT2D eigenvalue weighted by molar-refractivity contribution is -0.120. The zero-order valence-corrected chi connectivity index (χ0v) is 12.7. The molecule has 1 aliphatic carbocycles. The van der Waals surface area contributed by atoms with Crippen LogP contribution in [0.5, 0.6) is 0 Å². The number of amides is 3. The normalized spacial score (nSPS) is 20.2. The summed E-state index contributed by atoms with van der Waals surface area (Å²) in [6, 6.07) is 8.23. The first kappa shape index (κ1) is 15.3. The molecule has 0 saturated carbocycles. The number of benzene rings is 1. The molecule has 0 aromatic heterocycles. The van der Waals surface area contributed by atoms with Crippen molar-refractivity contribution in [1.82, 2.24) is 4.90 Å². The molecule has 6 nitrogen and oxygen atoms in total. The smallest absolute Gasteiger partial charge is 0.348 e. The van der Waals surface area contributed by atoms with Gasteiger partial charge in [-0.05, 0) is 36.1 Å². The fourth-order valence-electron chi connectivity index (χ4n) is 2.94. The van der Waals surface area contributed by atoms with E-state index in [0.717, 1.165) is 11.1 Å². The van der Waals surface area contributed by atoms with E-state index in [9.17, 15) is 14.8 Å². The minimum absolute atomic E-state index is 0.255. The average molecular weight is 313 g/mol. The van der Waals surface area contributed by atoms with Crippen LogP contribution in [0.2, 0.25) is 0 Å². The SMILES string of the molecule is NC(=O)C1C=C2CCN(C(=O)N(O)c3ccccc3)CC2=CC1. The Morgan fingerprint density at radius 2 is 1.96 bits per heavy atom. The molecule has 6 heteroatoms. The second-order valence-electron chi connectivity index (χ2n) is 5.77. The van der Waals surface area contributed by atoms with Crippen LogP contribution in [0, 0.1) is 5.92 Å². The van der Waals surface area contributed by atoms with Gasteiger partial charge in [0.05, 0.1) is 11.6 Å². The zero-order valence-electron chi connectivity index (χ0n) is 12.7. The first-order valence-electron chi connectivity index (χ1n) is 7.58. The molecule has 1 aromatic rings. The number of hydrogen-bond donors (Lipinski definition) is 2. The lowest BCUT2D eigenvalue weighted by Gasteiger charge is -2.34. The van der Waals surface area contributed by atoms with Gasteiger partial charge < -0.3 is 10.6 Å². The minimum atomic E-state index is -0.451. The summed E-state index contributed by atoms with van der Waals surface area (Å²) in [6.07, 6.45) is 5.10. The van der Waals surface area contributed by atoms with Gasteiger partial charge in [-0.15, -0.1) is 0 Å². The first-order chi connectivity index (χ1) is 11.1. The first-order valence-corrected chi connectivity index (χ1v) is 7.58. The van der Waals surface area contributed by atoms with Gasteiger partial charge >= 0.3 is 6.03 Å². The predicted octanol–water partition coefficient (Wildman–Crippen LogP) is 2.07. The Kier molecular flexibility index (Phi) is 4.16. The van der Waals surface area contributed by atoms with Crippen molar-refractivity contribution in [3.63, 3.8) is 0 Å². The van der Waals surface area contributed by atoms with Gasteiger partial charge in [-0.1, -0.05) is 30.4 Å². The fraction of sp³-hybridized carbons (Fsp3) is 0.294. The van der Waals surface area contributed by atoms with Crippen molar-refractivity contribution >= 4 is 17.6 Å².